The standard InChI is InChI=1S/C15H19NO3/c17-14(16-9-15(18)6-7-19-10-15)13-5-4-11-2-1-3-12(11)8-13/h4-5,8,18H,1-3,6-7,9-10H2,(H,16,17). The van der Waals surface area contributed by atoms with E-state index in [1.165, 1.54) is 17.5 Å². The number of carbonyl (C=O) groups is 1. The summed E-state index contributed by atoms with van der Waals surface area (Å²) in [5, 5.41) is 12.9. The smallest absolute Gasteiger partial charge is 0.251 e. The Kier molecular flexibility index (Phi) is 3.29. The summed E-state index contributed by atoms with van der Waals surface area (Å²) in [4.78, 5) is 12.1. The molecule has 1 aliphatic heterocycles. The van der Waals surface area contributed by atoms with E-state index >= 15 is 0 Å². The van der Waals surface area contributed by atoms with E-state index in [9.17, 15) is 9.90 Å². The first kappa shape index (κ1) is 12.6. The summed E-state index contributed by atoms with van der Waals surface area (Å²) in [7, 11) is 0. The number of hydrogen-bond donors (Lipinski definition) is 2. The fourth-order valence-corrected chi connectivity index (χ4v) is 2.80. The second-order valence-electron chi connectivity index (χ2n) is 5.55. The van der Waals surface area contributed by atoms with Crippen LogP contribution in [-0.4, -0.2) is 36.4 Å². The van der Waals surface area contributed by atoms with Gasteiger partial charge < -0.3 is 15.2 Å². The Morgan fingerprint density at radius 2 is 2.21 bits per heavy atom. The topological polar surface area (TPSA) is 58.6 Å². The number of aryl methyl sites for hydroxylation is 2. The van der Waals surface area contributed by atoms with Crippen LogP contribution >= 0.6 is 0 Å². The molecule has 3 rings (SSSR count). The molecule has 1 atom stereocenters. The molecule has 0 spiro atoms. The van der Waals surface area contributed by atoms with Gasteiger partial charge in [-0.3, -0.25) is 4.79 Å². The lowest BCUT2D eigenvalue weighted by atomic mass is 10.0. The molecule has 1 heterocycles. The van der Waals surface area contributed by atoms with Gasteiger partial charge in [0.25, 0.3) is 5.91 Å². The largest absolute Gasteiger partial charge is 0.386 e. The molecule has 1 saturated heterocycles. The van der Waals surface area contributed by atoms with E-state index < -0.39 is 5.60 Å². The zero-order valence-corrected chi connectivity index (χ0v) is 10.9. The molecule has 0 saturated carbocycles. The van der Waals surface area contributed by atoms with Crippen molar-refractivity contribution in [1.29, 1.82) is 0 Å². The Morgan fingerprint density at radius 1 is 1.37 bits per heavy atom. The molecule has 1 aromatic rings. The molecule has 1 fully saturated rings. The van der Waals surface area contributed by atoms with Gasteiger partial charge in [-0.15, -0.1) is 0 Å². The third-order valence-electron chi connectivity index (χ3n) is 4.02. The van der Waals surface area contributed by atoms with Crippen molar-refractivity contribution in [2.45, 2.75) is 31.3 Å². The highest BCUT2D eigenvalue weighted by Crippen LogP contribution is 2.23. The monoisotopic (exact) mass is 261 g/mol. The van der Waals surface area contributed by atoms with Gasteiger partial charge in [0.15, 0.2) is 0 Å². The second-order valence-corrected chi connectivity index (χ2v) is 5.55. The van der Waals surface area contributed by atoms with E-state index in [2.05, 4.69) is 5.32 Å². The van der Waals surface area contributed by atoms with Gasteiger partial charge in [0.2, 0.25) is 0 Å². The summed E-state index contributed by atoms with van der Waals surface area (Å²) in [6.45, 7) is 1.12. The van der Waals surface area contributed by atoms with E-state index in [1.54, 1.807) is 0 Å². The Morgan fingerprint density at radius 3 is 3.00 bits per heavy atom. The van der Waals surface area contributed by atoms with Crippen molar-refractivity contribution in [1.82, 2.24) is 5.32 Å². The highest BCUT2D eigenvalue weighted by Gasteiger charge is 2.32. The van der Waals surface area contributed by atoms with Crippen LogP contribution in [0.4, 0.5) is 0 Å². The number of ether oxygens (including phenoxy) is 1. The summed E-state index contributed by atoms with van der Waals surface area (Å²) in [6, 6.07) is 5.90. The lowest BCUT2D eigenvalue weighted by molar-refractivity contribution is 0.0264. The zero-order valence-electron chi connectivity index (χ0n) is 10.9. The minimum atomic E-state index is -0.896. The Labute approximate surface area is 112 Å². The molecule has 19 heavy (non-hydrogen) atoms. The summed E-state index contributed by atoms with van der Waals surface area (Å²) < 4.78 is 5.16. The SMILES string of the molecule is O=C(NCC1(O)CCOC1)c1ccc2c(c1)CCC2. The maximum Gasteiger partial charge on any atom is 0.251 e. The van der Waals surface area contributed by atoms with E-state index in [0.717, 1.165) is 12.8 Å². The lowest BCUT2D eigenvalue weighted by Crippen LogP contribution is -2.43. The van der Waals surface area contributed by atoms with Gasteiger partial charge in [0, 0.05) is 25.1 Å². The van der Waals surface area contributed by atoms with Gasteiger partial charge >= 0.3 is 0 Å². The molecule has 0 bridgehead atoms. The lowest BCUT2D eigenvalue weighted by Gasteiger charge is -2.20. The molecule has 0 radical (unpaired) electrons. The maximum atomic E-state index is 12.1. The molecule has 4 nitrogen and oxygen atoms in total. The number of rotatable bonds is 3. The van der Waals surface area contributed by atoms with Crippen molar-refractivity contribution < 1.29 is 14.6 Å². The average molecular weight is 261 g/mol. The second kappa shape index (κ2) is 4.94. The van der Waals surface area contributed by atoms with Crippen LogP contribution in [0.15, 0.2) is 18.2 Å². The molecule has 1 aromatic carbocycles. The molecule has 2 N–H and O–H groups in total. The van der Waals surface area contributed by atoms with Crippen LogP contribution in [-0.2, 0) is 17.6 Å². The quantitative estimate of drug-likeness (QED) is 0.855. The fraction of sp³-hybridized carbons (Fsp3) is 0.533. The van der Waals surface area contributed by atoms with E-state index in [1.807, 2.05) is 18.2 Å². The number of nitrogens with one attached hydrogen (secondary N) is 1. The Balaban J connectivity index is 1.64. The highest BCUT2D eigenvalue weighted by atomic mass is 16.5. The van der Waals surface area contributed by atoms with Gasteiger partial charge in [0.05, 0.1) is 6.61 Å². The number of benzene rings is 1. The van der Waals surface area contributed by atoms with Gasteiger partial charge in [-0.25, -0.2) is 0 Å². The van der Waals surface area contributed by atoms with Crippen molar-refractivity contribution in [3.8, 4) is 0 Å². The number of aliphatic hydroxyl groups is 1. The van der Waals surface area contributed by atoms with Gasteiger partial charge in [-0.05, 0) is 42.5 Å². The normalized spacial score (nSPS) is 25.3. The van der Waals surface area contributed by atoms with Gasteiger partial charge in [-0.1, -0.05) is 6.07 Å². The van der Waals surface area contributed by atoms with Crippen LogP contribution in [0.3, 0.4) is 0 Å². The van der Waals surface area contributed by atoms with Crippen molar-refractivity contribution in [3.05, 3.63) is 34.9 Å². The number of hydrogen-bond acceptors (Lipinski definition) is 3. The molecule has 1 aliphatic carbocycles. The van der Waals surface area contributed by atoms with Crippen molar-refractivity contribution >= 4 is 5.91 Å². The van der Waals surface area contributed by atoms with Crippen LogP contribution in [0.1, 0.15) is 34.3 Å². The minimum Gasteiger partial charge on any atom is -0.386 e. The molecule has 0 aromatic heterocycles. The molecule has 1 unspecified atom stereocenters. The molecule has 102 valence electrons. The van der Waals surface area contributed by atoms with E-state index in [4.69, 9.17) is 4.74 Å². The van der Waals surface area contributed by atoms with Crippen LogP contribution in [0.2, 0.25) is 0 Å². The van der Waals surface area contributed by atoms with Crippen LogP contribution in [0.25, 0.3) is 0 Å². The summed E-state index contributed by atoms with van der Waals surface area (Å²) in [6.07, 6.45) is 3.94. The predicted octanol–water partition coefficient (Wildman–Crippen LogP) is 1.06. The molecular formula is C15H19NO3. The zero-order chi connectivity index (χ0) is 13.3. The predicted molar refractivity (Wildman–Crippen MR) is 71.2 cm³/mol. The number of amides is 1. The van der Waals surface area contributed by atoms with Crippen molar-refractivity contribution in [2.75, 3.05) is 19.8 Å². The summed E-state index contributed by atoms with van der Waals surface area (Å²) in [5.74, 6) is -0.116. The van der Waals surface area contributed by atoms with Crippen molar-refractivity contribution in [3.63, 3.8) is 0 Å². The average Bonchev–Trinajstić information content (AvgIpc) is 3.04. The number of fused-ring (bicyclic) bond motifs is 1. The first-order valence-electron chi connectivity index (χ1n) is 6.86. The van der Waals surface area contributed by atoms with Gasteiger partial charge in [0.1, 0.15) is 5.60 Å². The maximum absolute atomic E-state index is 12.1. The van der Waals surface area contributed by atoms with Crippen molar-refractivity contribution in [2.24, 2.45) is 0 Å². The summed E-state index contributed by atoms with van der Waals surface area (Å²) in [5.41, 5.74) is 2.44. The third-order valence-corrected chi connectivity index (χ3v) is 4.02. The third kappa shape index (κ3) is 2.65. The van der Waals surface area contributed by atoms with Crippen LogP contribution in [0, 0.1) is 0 Å². The fourth-order valence-electron chi connectivity index (χ4n) is 2.80. The highest BCUT2D eigenvalue weighted by molar-refractivity contribution is 5.94. The first-order valence-corrected chi connectivity index (χ1v) is 6.86. The molecule has 4 heteroatoms. The first-order chi connectivity index (χ1) is 9.16. The van der Waals surface area contributed by atoms with Crippen LogP contribution in [0.5, 0.6) is 0 Å². The van der Waals surface area contributed by atoms with Crippen LogP contribution < -0.4 is 5.32 Å². The Hall–Kier alpha value is -1.39. The van der Waals surface area contributed by atoms with E-state index in [0.29, 0.717) is 25.2 Å². The molecule has 2 aliphatic rings. The van der Waals surface area contributed by atoms with Gasteiger partial charge in [-0.2, -0.15) is 0 Å². The Bertz CT molecular complexity index is 492. The minimum absolute atomic E-state index is 0.116. The molecular weight excluding hydrogens is 242 g/mol. The van der Waals surface area contributed by atoms with E-state index in [-0.39, 0.29) is 12.5 Å². The summed E-state index contributed by atoms with van der Waals surface area (Å²) >= 11 is 0. The number of carbonyl (C=O) groups excluding carboxylic acids is 1. The molecule has 1 amide bonds.